The van der Waals surface area contributed by atoms with E-state index in [0.29, 0.717) is 0 Å². The lowest BCUT2D eigenvalue weighted by Crippen LogP contribution is -2.31. The number of rotatable bonds is 4. The molecule has 1 aromatic carbocycles. The highest BCUT2D eigenvalue weighted by Crippen LogP contribution is 2.06. The lowest BCUT2D eigenvalue weighted by atomic mass is 10.2. The van der Waals surface area contributed by atoms with Gasteiger partial charge in [0.1, 0.15) is 0 Å². The number of nitrogens with zero attached hydrogens (tertiary/aromatic N) is 1. The number of hydrogen-bond acceptors (Lipinski definition) is 2. The van der Waals surface area contributed by atoms with Crippen LogP contribution in [0, 0.1) is 0 Å². The number of hydrogen-bond donors (Lipinski definition) is 1. The summed E-state index contributed by atoms with van der Waals surface area (Å²) in [7, 11) is 0. The molecular formula is C11H15NO3. The summed E-state index contributed by atoms with van der Waals surface area (Å²) in [5.74, 6) is 0. The van der Waals surface area contributed by atoms with Gasteiger partial charge in [0.15, 0.2) is 0 Å². The summed E-state index contributed by atoms with van der Waals surface area (Å²) < 4.78 is 0. The van der Waals surface area contributed by atoms with E-state index >= 15 is 0 Å². The van der Waals surface area contributed by atoms with Crippen LogP contribution in [0.3, 0.4) is 0 Å². The van der Waals surface area contributed by atoms with E-state index in [9.17, 15) is 4.79 Å². The zero-order chi connectivity index (χ0) is 11.3. The molecule has 0 saturated carbocycles. The van der Waals surface area contributed by atoms with Gasteiger partial charge in [-0.1, -0.05) is 30.3 Å². The minimum absolute atomic E-state index is 0.148. The van der Waals surface area contributed by atoms with Crippen molar-refractivity contribution in [1.82, 2.24) is 5.06 Å². The highest BCUT2D eigenvalue weighted by atomic mass is 16.7. The van der Waals surface area contributed by atoms with Crippen LogP contribution in [0.25, 0.3) is 0 Å². The quantitative estimate of drug-likeness (QED) is 0.775. The number of amides is 1. The van der Waals surface area contributed by atoms with Gasteiger partial charge in [-0.3, -0.25) is 4.84 Å². The van der Waals surface area contributed by atoms with Crippen LogP contribution in [-0.4, -0.2) is 22.4 Å². The number of carbonyl (C=O) groups is 1. The van der Waals surface area contributed by atoms with Gasteiger partial charge in [-0.05, 0) is 19.4 Å². The van der Waals surface area contributed by atoms with Gasteiger partial charge in [-0.25, -0.2) is 4.79 Å². The summed E-state index contributed by atoms with van der Waals surface area (Å²) in [6, 6.07) is 9.34. The molecule has 15 heavy (non-hydrogen) atoms. The molecule has 82 valence electrons. The van der Waals surface area contributed by atoms with Crippen molar-refractivity contribution in [2.75, 3.05) is 0 Å². The first kappa shape index (κ1) is 11.5. The molecule has 0 heterocycles. The summed E-state index contributed by atoms with van der Waals surface area (Å²) in [6.07, 6.45) is -1.22. The Kier molecular flexibility index (Phi) is 4.12. The third-order valence-electron chi connectivity index (χ3n) is 1.72. The van der Waals surface area contributed by atoms with Crippen molar-refractivity contribution in [3.8, 4) is 0 Å². The Morgan fingerprint density at radius 1 is 1.40 bits per heavy atom. The molecule has 0 unspecified atom stereocenters. The van der Waals surface area contributed by atoms with E-state index in [2.05, 4.69) is 0 Å². The lowest BCUT2D eigenvalue weighted by molar-refractivity contribution is -0.165. The van der Waals surface area contributed by atoms with Gasteiger partial charge >= 0.3 is 6.09 Å². The zero-order valence-electron chi connectivity index (χ0n) is 8.88. The molecule has 1 rings (SSSR count). The Hall–Kier alpha value is -1.55. The molecule has 0 aliphatic carbocycles. The number of benzene rings is 1. The Bertz CT molecular complexity index is 311. The molecule has 4 nitrogen and oxygen atoms in total. The molecule has 0 spiro atoms. The first-order valence-corrected chi connectivity index (χ1v) is 4.80. The molecule has 0 radical (unpaired) electrons. The monoisotopic (exact) mass is 209 g/mol. The van der Waals surface area contributed by atoms with Gasteiger partial charge in [0, 0.05) is 0 Å². The van der Waals surface area contributed by atoms with Crippen LogP contribution in [0.15, 0.2) is 30.3 Å². The molecule has 0 aromatic heterocycles. The van der Waals surface area contributed by atoms with Gasteiger partial charge in [-0.15, -0.1) is 0 Å². The molecule has 1 N–H and O–H groups in total. The van der Waals surface area contributed by atoms with Crippen molar-refractivity contribution in [1.29, 1.82) is 0 Å². The summed E-state index contributed by atoms with van der Waals surface area (Å²) in [6.45, 7) is 3.83. The van der Waals surface area contributed by atoms with Gasteiger partial charge in [-0.2, -0.15) is 5.06 Å². The van der Waals surface area contributed by atoms with Crippen molar-refractivity contribution < 1.29 is 14.7 Å². The third-order valence-corrected chi connectivity index (χ3v) is 1.72. The minimum Gasteiger partial charge on any atom is -0.463 e. The van der Waals surface area contributed by atoms with Crippen LogP contribution >= 0.6 is 0 Å². The maximum atomic E-state index is 10.8. The SMILES string of the molecule is CC(C)ON(Cc1ccccc1)C(=O)O. The van der Waals surface area contributed by atoms with Crippen LogP contribution < -0.4 is 0 Å². The second-order valence-corrected chi connectivity index (χ2v) is 3.46. The van der Waals surface area contributed by atoms with Crippen molar-refractivity contribution in [3.05, 3.63) is 35.9 Å². The normalized spacial score (nSPS) is 10.3. The summed E-state index contributed by atoms with van der Waals surface area (Å²) in [4.78, 5) is 16.0. The van der Waals surface area contributed by atoms with E-state index in [4.69, 9.17) is 9.94 Å². The fraction of sp³-hybridized carbons (Fsp3) is 0.364. The molecule has 0 saturated heterocycles. The highest BCUT2D eigenvalue weighted by Gasteiger charge is 2.14. The number of hydroxylamine groups is 2. The molecule has 0 aliphatic heterocycles. The molecule has 0 fully saturated rings. The Morgan fingerprint density at radius 2 is 2.00 bits per heavy atom. The van der Waals surface area contributed by atoms with E-state index in [1.807, 2.05) is 30.3 Å². The number of carboxylic acid groups (broad SMARTS) is 1. The minimum atomic E-state index is -1.08. The van der Waals surface area contributed by atoms with E-state index < -0.39 is 6.09 Å². The smallest absolute Gasteiger partial charge is 0.431 e. The molecule has 0 bridgehead atoms. The van der Waals surface area contributed by atoms with Crippen LogP contribution in [0.4, 0.5) is 4.79 Å². The van der Waals surface area contributed by atoms with Gasteiger partial charge in [0.25, 0.3) is 0 Å². The molecule has 1 aromatic rings. The molecule has 4 heteroatoms. The van der Waals surface area contributed by atoms with E-state index in [1.54, 1.807) is 13.8 Å². The summed E-state index contributed by atoms with van der Waals surface area (Å²) in [5, 5.41) is 9.83. The van der Waals surface area contributed by atoms with Crippen LogP contribution in [0.1, 0.15) is 19.4 Å². The maximum absolute atomic E-state index is 10.8. The van der Waals surface area contributed by atoms with Gasteiger partial charge < -0.3 is 5.11 Å². The van der Waals surface area contributed by atoms with E-state index in [1.165, 1.54) is 0 Å². The standard InChI is InChI=1S/C11H15NO3/c1-9(2)15-12(11(13)14)8-10-6-4-3-5-7-10/h3-7,9H,8H2,1-2H3,(H,13,14). The molecule has 0 aliphatic rings. The Balaban J connectivity index is 2.63. The Labute approximate surface area is 89.0 Å². The first-order chi connectivity index (χ1) is 7.09. The van der Waals surface area contributed by atoms with Crippen LogP contribution in [0.2, 0.25) is 0 Å². The zero-order valence-corrected chi connectivity index (χ0v) is 8.88. The van der Waals surface area contributed by atoms with Crippen molar-refractivity contribution in [2.45, 2.75) is 26.5 Å². The lowest BCUT2D eigenvalue weighted by Gasteiger charge is -2.20. The highest BCUT2D eigenvalue weighted by molar-refractivity contribution is 5.63. The van der Waals surface area contributed by atoms with Crippen molar-refractivity contribution in [2.24, 2.45) is 0 Å². The van der Waals surface area contributed by atoms with E-state index in [0.717, 1.165) is 10.6 Å². The molecule has 0 atom stereocenters. The van der Waals surface area contributed by atoms with Crippen molar-refractivity contribution in [3.63, 3.8) is 0 Å². The topological polar surface area (TPSA) is 49.8 Å². The summed E-state index contributed by atoms with van der Waals surface area (Å²) in [5.41, 5.74) is 0.903. The first-order valence-electron chi connectivity index (χ1n) is 4.80. The predicted molar refractivity (Wildman–Crippen MR) is 56.2 cm³/mol. The molecular weight excluding hydrogens is 194 g/mol. The average molecular weight is 209 g/mol. The Morgan fingerprint density at radius 3 is 2.47 bits per heavy atom. The second kappa shape index (κ2) is 5.36. The van der Waals surface area contributed by atoms with Crippen molar-refractivity contribution >= 4 is 6.09 Å². The predicted octanol–water partition coefficient (Wildman–Crippen LogP) is 2.51. The third kappa shape index (κ3) is 3.99. The maximum Gasteiger partial charge on any atom is 0.431 e. The van der Waals surface area contributed by atoms with E-state index in [-0.39, 0.29) is 12.6 Å². The fourth-order valence-corrected chi connectivity index (χ4v) is 1.15. The van der Waals surface area contributed by atoms with Gasteiger partial charge in [0.2, 0.25) is 0 Å². The fourth-order valence-electron chi connectivity index (χ4n) is 1.15. The van der Waals surface area contributed by atoms with Crippen LogP contribution in [-0.2, 0) is 11.4 Å². The second-order valence-electron chi connectivity index (χ2n) is 3.46. The average Bonchev–Trinajstić information content (AvgIpc) is 2.17. The largest absolute Gasteiger partial charge is 0.463 e. The van der Waals surface area contributed by atoms with Gasteiger partial charge in [0.05, 0.1) is 12.6 Å². The van der Waals surface area contributed by atoms with Crippen LogP contribution in [0.5, 0.6) is 0 Å². The molecule has 1 amide bonds. The summed E-state index contributed by atoms with van der Waals surface area (Å²) >= 11 is 0.